The SMILES string of the molecule is CC(C)CCCCC[C]1CCCCC1. The van der Waals surface area contributed by atoms with Crippen LogP contribution in [0, 0.1) is 11.8 Å². The van der Waals surface area contributed by atoms with Gasteiger partial charge in [0.25, 0.3) is 0 Å². The molecule has 1 rings (SSSR count). The van der Waals surface area contributed by atoms with Gasteiger partial charge in [-0.2, -0.15) is 0 Å². The fraction of sp³-hybridized carbons (Fsp3) is 0.929. The molecule has 0 unspecified atom stereocenters. The summed E-state index contributed by atoms with van der Waals surface area (Å²) in [6.45, 7) is 4.66. The van der Waals surface area contributed by atoms with Crippen molar-refractivity contribution in [2.24, 2.45) is 5.92 Å². The van der Waals surface area contributed by atoms with Crippen LogP contribution in [-0.4, -0.2) is 0 Å². The summed E-state index contributed by atoms with van der Waals surface area (Å²) in [6, 6.07) is 0. The Morgan fingerprint density at radius 1 is 0.929 bits per heavy atom. The van der Waals surface area contributed by atoms with Crippen molar-refractivity contribution in [2.75, 3.05) is 0 Å². The number of rotatable bonds is 6. The highest BCUT2D eigenvalue weighted by Crippen LogP contribution is 2.29. The fourth-order valence-electron chi connectivity index (χ4n) is 2.41. The van der Waals surface area contributed by atoms with Crippen molar-refractivity contribution in [3.05, 3.63) is 5.92 Å². The van der Waals surface area contributed by atoms with Crippen LogP contribution in [0.3, 0.4) is 0 Å². The monoisotopic (exact) mass is 195 g/mol. The molecule has 0 atom stereocenters. The lowest BCUT2D eigenvalue weighted by Gasteiger charge is -2.20. The lowest BCUT2D eigenvalue weighted by Crippen LogP contribution is -2.03. The molecule has 0 aromatic rings. The second-order valence-electron chi connectivity index (χ2n) is 5.30. The van der Waals surface area contributed by atoms with Gasteiger partial charge < -0.3 is 0 Å². The average molecular weight is 195 g/mol. The van der Waals surface area contributed by atoms with Crippen LogP contribution in [0.25, 0.3) is 0 Å². The number of unbranched alkanes of at least 4 members (excludes halogenated alkanes) is 2. The molecule has 83 valence electrons. The molecule has 0 spiro atoms. The lowest BCUT2D eigenvalue weighted by atomic mass is 9.85. The molecular weight excluding hydrogens is 168 g/mol. The third-order valence-corrected chi connectivity index (χ3v) is 3.37. The Morgan fingerprint density at radius 3 is 2.29 bits per heavy atom. The molecule has 14 heavy (non-hydrogen) atoms. The molecule has 1 radical (unpaired) electrons. The minimum Gasteiger partial charge on any atom is -0.0628 e. The van der Waals surface area contributed by atoms with E-state index in [9.17, 15) is 0 Å². The molecule has 0 aliphatic heterocycles. The van der Waals surface area contributed by atoms with Crippen LogP contribution in [0.4, 0.5) is 0 Å². The van der Waals surface area contributed by atoms with Crippen molar-refractivity contribution >= 4 is 0 Å². The Labute approximate surface area is 90.5 Å². The molecule has 0 bridgehead atoms. The molecule has 0 heterocycles. The summed E-state index contributed by atoms with van der Waals surface area (Å²) < 4.78 is 0. The van der Waals surface area contributed by atoms with Crippen molar-refractivity contribution in [3.63, 3.8) is 0 Å². The zero-order chi connectivity index (χ0) is 10.2. The first-order valence-electron chi connectivity index (χ1n) is 6.62. The van der Waals surface area contributed by atoms with E-state index in [1.165, 1.54) is 64.2 Å². The van der Waals surface area contributed by atoms with Gasteiger partial charge in [-0.1, -0.05) is 58.8 Å². The van der Waals surface area contributed by atoms with E-state index < -0.39 is 0 Å². The minimum atomic E-state index is 0.900. The summed E-state index contributed by atoms with van der Waals surface area (Å²) in [6.07, 6.45) is 14.6. The molecule has 0 saturated heterocycles. The van der Waals surface area contributed by atoms with Crippen LogP contribution in [0.5, 0.6) is 0 Å². The molecule has 1 aliphatic rings. The quantitative estimate of drug-likeness (QED) is 0.515. The van der Waals surface area contributed by atoms with Gasteiger partial charge in [0.2, 0.25) is 0 Å². The maximum Gasteiger partial charge on any atom is -0.0241 e. The Morgan fingerprint density at radius 2 is 1.64 bits per heavy atom. The smallest absolute Gasteiger partial charge is 0.0241 e. The van der Waals surface area contributed by atoms with Crippen molar-refractivity contribution in [1.29, 1.82) is 0 Å². The normalized spacial score (nSPS) is 19.1. The van der Waals surface area contributed by atoms with Gasteiger partial charge in [-0.25, -0.2) is 0 Å². The molecule has 0 N–H and O–H groups in total. The summed E-state index contributed by atoms with van der Waals surface area (Å²) in [4.78, 5) is 0. The number of hydrogen-bond acceptors (Lipinski definition) is 0. The Hall–Kier alpha value is 0. The number of hydrogen-bond donors (Lipinski definition) is 0. The van der Waals surface area contributed by atoms with Gasteiger partial charge in [-0.05, 0) is 31.1 Å². The van der Waals surface area contributed by atoms with E-state index in [0.29, 0.717) is 0 Å². The summed E-state index contributed by atoms with van der Waals surface area (Å²) in [5, 5.41) is 0. The molecule has 0 nitrogen and oxygen atoms in total. The standard InChI is InChI=1S/C14H27/c1-13(2)9-5-3-6-10-14-11-7-4-8-12-14/h13H,3-12H2,1-2H3. The lowest BCUT2D eigenvalue weighted by molar-refractivity contribution is 0.475. The Bertz CT molecular complexity index is 120. The first kappa shape index (κ1) is 12.1. The van der Waals surface area contributed by atoms with Gasteiger partial charge >= 0.3 is 0 Å². The van der Waals surface area contributed by atoms with E-state index in [1.807, 2.05) is 5.92 Å². The van der Waals surface area contributed by atoms with E-state index >= 15 is 0 Å². The van der Waals surface area contributed by atoms with Gasteiger partial charge in [0, 0.05) is 0 Å². The molecular formula is C14H27. The molecule has 1 saturated carbocycles. The molecule has 1 aliphatic carbocycles. The van der Waals surface area contributed by atoms with Crippen LogP contribution in [0.15, 0.2) is 0 Å². The average Bonchev–Trinajstić information content (AvgIpc) is 2.18. The fourth-order valence-corrected chi connectivity index (χ4v) is 2.41. The molecule has 0 aromatic carbocycles. The van der Waals surface area contributed by atoms with Crippen LogP contribution in [0.1, 0.15) is 78.1 Å². The molecule has 0 aromatic heterocycles. The van der Waals surface area contributed by atoms with E-state index in [4.69, 9.17) is 0 Å². The minimum absolute atomic E-state index is 0.900. The largest absolute Gasteiger partial charge is 0.0628 e. The van der Waals surface area contributed by atoms with Crippen LogP contribution in [0.2, 0.25) is 0 Å². The third kappa shape index (κ3) is 5.67. The molecule has 1 fully saturated rings. The van der Waals surface area contributed by atoms with Crippen LogP contribution >= 0.6 is 0 Å². The Balaban J connectivity index is 1.87. The Kier molecular flexibility index (Phi) is 6.31. The van der Waals surface area contributed by atoms with Gasteiger partial charge in [-0.3, -0.25) is 0 Å². The van der Waals surface area contributed by atoms with Gasteiger partial charge in [-0.15, -0.1) is 0 Å². The summed E-state index contributed by atoms with van der Waals surface area (Å²) in [5.74, 6) is 2.78. The maximum atomic E-state index is 2.33. The van der Waals surface area contributed by atoms with Crippen LogP contribution < -0.4 is 0 Å². The summed E-state index contributed by atoms with van der Waals surface area (Å²) in [5.41, 5.74) is 0. The first-order chi connectivity index (χ1) is 6.79. The second-order valence-corrected chi connectivity index (χ2v) is 5.30. The van der Waals surface area contributed by atoms with Gasteiger partial charge in [0.05, 0.1) is 0 Å². The van der Waals surface area contributed by atoms with Gasteiger partial charge in [0.15, 0.2) is 0 Å². The summed E-state index contributed by atoms with van der Waals surface area (Å²) in [7, 11) is 0. The predicted molar refractivity (Wildman–Crippen MR) is 64.3 cm³/mol. The van der Waals surface area contributed by atoms with Crippen molar-refractivity contribution in [3.8, 4) is 0 Å². The molecule has 0 heteroatoms. The van der Waals surface area contributed by atoms with E-state index in [0.717, 1.165) is 5.92 Å². The van der Waals surface area contributed by atoms with E-state index in [1.54, 1.807) is 0 Å². The van der Waals surface area contributed by atoms with Gasteiger partial charge in [0.1, 0.15) is 0 Å². The van der Waals surface area contributed by atoms with E-state index in [-0.39, 0.29) is 0 Å². The zero-order valence-electron chi connectivity index (χ0n) is 10.1. The maximum absolute atomic E-state index is 2.33. The highest BCUT2D eigenvalue weighted by atomic mass is 14.2. The zero-order valence-corrected chi connectivity index (χ0v) is 10.1. The highest BCUT2D eigenvalue weighted by Gasteiger charge is 2.12. The van der Waals surface area contributed by atoms with E-state index in [2.05, 4.69) is 13.8 Å². The van der Waals surface area contributed by atoms with Crippen molar-refractivity contribution in [2.45, 2.75) is 78.1 Å². The third-order valence-electron chi connectivity index (χ3n) is 3.37. The second kappa shape index (κ2) is 7.31. The topological polar surface area (TPSA) is 0 Å². The highest BCUT2D eigenvalue weighted by molar-refractivity contribution is 4.91. The van der Waals surface area contributed by atoms with Crippen molar-refractivity contribution in [1.82, 2.24) is 0 Å². The summed E-state index contributed by atoms with van der Waals surface area (Å²) >= 11 is 0. The first-order valence-corrected chi connectivity index (χ1v) is 6.62. The van der Waals surface area contributed by atoms with Crippen LogP contribution in [-0.2, 0) is 0 Å². The molecule has 0 amide bonds. The predicted octanol–water partition coefficient (Wildman–Crippen LogP) is 5.13. The van der Waals surface area contributed by atoms with Crippen molar-refractivity contribution < 1.29 is 0 Å².